The molecule has 0 rings (SSSR count). The molecule has 0 aromatic rings. The average molecular weight is 215 g/mol. The SMILES string of the molecule is CCNC(=O)NCCC(=O)NC(C)(C)C. The van der Waals surface area contributed by atoms with Crippen molar-refractivity contribution in [2.45, 2.75) is 39.7 Å². The summed E-state index contributed by atoms with van der Waals surface area (Å²) in [5.74, 6) is -0.0562. The topological polar surface area (TPSA) is 70.2 Å². The molecular weight excluding hydrogens is 194 g/mol. The molecule has 0 saturated heterocycles. The second-order valence-corrected chi connectivity index (χ2v) is 4.33. The van der Waals surface area contributed by atoms with Gasteiger partial charge in [-0.3, -0.25) is 4.79 Å². The molecule has 0 saturated carbocycles. The lowest BCUT2D eigenvalue weighted by atomic mass is 10.1. The van der Waals surface area contributed by atoms with Crippen LogP contribution in [0.4, 0.5) is 4.79 Å². The Bertz CT molecular complexity index is 221. The first-order chi connectivity index (χ1) is 6.85. The second kappa shape index (κ2) is 6.27. The molecule has 5 heteroatoms. The predicted octanol–water partition coefficient (Wildman–Crippen LogP) is 0.610. The van der Waals surface area contributed by atoms with E-state index in [0.29, 0.717) is 19.5 Å². The van der Waals surface area contributed by atoms with E-state index < -0.39 is 0 Å². The third kappa shape index (κ3) is 9.05. The Hall–Kier alpha value is -1.26. The third-order valence-electron chi connectivity index (χ3n) is 1.49. The van der Waals surface area contributed by atoms with E-state index in [1.165, 1.54) is 0 Å². The van der Waals surface area contributed by atoms with Crippen LogP contribution >= 0.6 is 0 Å². The molecule has 0 bridgehead atoms. The summed E-state index contributed by atoms with van der Waals surface area (Å²) in [6, 6.07) is -0.235. The van der Waals surface area contributed by atoms with Gasteiger partial charge in [0.15, 0.2) is 0 Å². The Balaban J connectivity index is 3.60. The van der Waals surface area contributed by atoms with Crippen molar-refractivity contribution in [3.8, 4) is 0 Å². The normalized spacial score (nSPS) is 10.7. The van der Waals surface area contributed by atoms with Crippen LogP contribution in [0.3, 0.4) is 0 Å². The van der Waals surface area contributed by atoms with Crippen LogP contribution in [0.25, 0.3) is 0 Å². The van der Waals surface area contributed by atoms with Gasteiger partial charge in [-0.2, -0.15) is 0 Å². The lowest BCUT2D eigenvalue weighted by Gasteiger charge is -2.20. The van der Waals surface area contributed by atoms with Gasteiger partial charge >= 0.3 is 6.03 Å². The summed E-state index contributed by atoms with van der Waals surface area (Å²) < 4.78 is 0. The quantitative estimate of drug-likeness (QED) is 0.643. The van der Waals surface area contributed by atoms with Crippen molar-refractivity contribution < 1.29 is 9.59 Å². The predicted molar refractivity (Wildman–Crippen MR) is 59.6 cm³/mol. The molecule has 3 N–H and O–H groups in total. The maximum absolute atomic E-state index is 11.3. The van der Waals surface area contributed by atoms with E-state index in [0.717, 1.165) is 0 Å². The number of nitrogens with one attached hydrogen (secondary N) is 3. The van der Waals surface area contributed by atoms with E-state index in [1.807, 2.05) is 27.7 Å². The zero-order chi connectivity index (χ0) is 11.9. The van der Waals surface area contributed by atoms with Crippen molar-refractivity contribution in [3.05, 3.63) is 0 Å². The second-order valence-electron chi connectivity index (χ2n) is 4.33. The zero-order valence-electron chi connectivity index (χ0n) is 9.94. The van der Waals surface area contributed by atoms with Crippen LogP contribution in [-0.4, -0.2) is 30.6 Å². The van der Waals surface area contributed by atoms with Crippen LogP contribution in [0.5, 0.6) is 0 Å². The first-order valence-electron chi connectivity index (χ1n) is 5.18. The Morgan fingerprint density at radius 3 is 2.20 bits per heavy atom. The van der Waals surface area contributed by atoms with Crippen molar-refractivity contribution >= 4 is 11.9 Å². The summed E-state index contributed by atoms with van der Waals surface area (Å²) in [5.41, 5.74) is -0.219. The first kappa shape index (κ1) is 13.7. The van der Waals surface area contributed by atoms with Gasteiger partial charge in [-0.15, -0.1) is 0 Å². The van der Waals surface area contributed by atoms with E-state index in [4.69, 9.17) is 0 Å². The lowest BCUT2D eigenvalue weighted by Crippen LogP contribution is -2.43. The third-order valence-corrected chi connectivity index (χ3v) is 1.49. The van der Waals surface area contributed by atoms with Gasteiger partial charge in [0.2, 0.25) is 5.91 Å². The number of rotatable bonds is 4. The van der Waals surface area contributed by atoms with Crippen molar-refractivity contribution in [3.63, 3.8) is 0 Å². The van der Waals surface area contributed by atoms with E-state index in [9.17, 15) is 9.59 Å². The Labute approximate surface area is 91.0 Å². The molecule has 0 spiro atoms. The fraction of sp³-hybridized carbons (Fsp3) is 0.800. The maximum Gasteiger partial charge on any atom is 0.314 e. The summed E-state index contributed by atoms with van der Waals surface area (Å²) in [4.78, 5) is 22.3. The van der Waals surface area contributed by atoms with Gasteiger partial charge in [-0.05, 0) is 27.7 Å². The van der Waals surface area contributed by atoms with Gasteiger partial charge in [0.1, 0.15) is 0 Å². The van der Waals surface area contributed by atoms with Crippen molar-refractivity contribution in [2.24, 2.45) is 0 Å². The number of amides is 3. The summed E-state index contributed by atoms with van der Waals surface area (Å²) in [6.07, 6.45) is 0.300. The number of urea groups is 1. The lowest BCUT2D eigenvalue weighted by molar-refractivity contribution is -0.122. The summed E-state index contributed by atoms with van der Waals surface area (Å²) in [7, 11) is 0. The highest BCUT2D eigenvalue weighted by molar-refractivity contribution is 5.78. The fourth-order valence-electron chi connectivity index (χ4n) is 0.993. The first-order valence-corrected chi connectivity index (χ1v) is 5.18. The van der Waals surface area contributed by atoms with Gasteiger partial charge in [-0.1, -0.05) is 0 Å². The van der Waals surface area contributed by atoms with Crippen LogP contribution < -0.4 is 16.0 Å². The molecule has 0 radical (unpaired) electrons. The van der Waals surface area contributed by atoms with Crippen LogP contribution in [0, 0.1) is 0 Å². The summed E-state index contributed by atoms with van der Waals surface area (Å²) in [5, 5.41) is 7.99. The summed E-state index contributed by atoms with van der Waals surface area (Å²) >= 11 is 0. The molecule has 5 nitrogen and oxygen atoms in total. The molecule has 0 atom stereocenters. The van der Waals surface area contributed by atoms with Crippen LogP contribution in [0.2, 0.25) is 0 Å². The van der Waals surface area contributed by atoms with Gasteiger partial charge < -0.3 is 16.0 Å². The molecule has 0 aromatic heterocycles. The van der Waals surface area contributed by atoms with Crippen LogP contribution in [0.1, 0.15) is 34.1 Å². The van der Waals surface area contributed by atoms with Gasteiger partial charge in [-0.25, -0.2) is 4.79 Å². The van der Waals surface area contributed by atoms with E-state index in [2.05, 4.69) is 16.0 Å². The minimum Gasteiger partial charge on any atom is -0.351 e. The molecule has 0 heterocycles. The van der Waals surface area contributed by atoms with Gasteiger partial charge in [0.05, 0.1) is 0 Å². The minimum atomic E-state index is -0.235. The smallest absolute Gasteiger partial charge is 0.314 e. The zero-order valence-corrected chi connectivity index (χ0v) is 9.94. The Morgan fingerprint density at radius 2 is 1.73 bits per heavy atom. The molecule has 0 aliphatic heterocycles. The van der Waals surface area contributed by atoms with Crippen molar-refractivity contribution in [2.75, 3.05) is 13.1 Å². The molecular formula is C10H21N3O2. The summed E-state index contributed by atoms with van der Waals surface area (Å²) in [6.45, 7) is 8.53. The van der Waals surface area contributed by atoms with Crippen LogP contribution in [0.15, 0.2) is 0 Å². The van der Waals surface area contributed by atoms with E-state index in [1.54, 1.807) is 0 Å². The molecule has 88 valence electrons. The van der Waals surface area contributed by atoms with Crippen molar-refractivity contribution in [1.82, 2.24) is 16.0 Å². The molecule has 3 amide bonds. The Kier molecular flexibility index (Phi) is 5.74. The monoisotopic (exact) mass is 215 g/mol. The molecule has 0 unspecified atom stereocenters. The van der Waals surface area contributed by atoms with E-state index in [-0.39, 0.29) is 17.5 Å². The maximum atomic E-state index is 11.3. The highest BCUT2D eigenvalue weighted by Crippen LogP contribution is 1.98. The molecule has 0 aromatic carbocycles. The van der Waals surface area contributed by atoms with Gasteiger partial charge in [0.25, 0.3) is 0 Å². The highest BCUT2D eigenvalue weighted by atomic mass is 16.2. The number of hydrogen-bond acceptors (Lipinski definition) is 2. The number of carbonyl (C=O) groups is 2. The van der Waals surface area contributed by atoms with Crippen LogP contribution in [-0.2, 0) is 4.79 Å². The van der Waals surface area contributed by atoms with E-state index >= 15 is 0 Å². The largest absolute Gasteiger partial charge is 0.351 e. The number of carbonyl (C=O) groups excluding carboxylic acids is 2. The Morgan fingerprint density at radius 1 is 1.13 bits per heavy atom. The number of hydrogen-bond donors (Lipinski definition) is 3. The molecule has 0 aliphatic rings. The molecule has 0 aliphatic carbocycles. The van der Waals surface area contributed by atoms with Gasteiger partial charge in [0, 0.05) is 25.0 Å². The highest BCUT2D eigenvalue weighted by Gasteiger charge is 2.13. The van der Waals surface area contributed by atoms with Crippen molar-refractivity contribution in [1.29, 1.82) is 0 Å². The molecule has 0 fully saturated rings. The average Bonchev–Trinajstić information content (AvgIpc) is 2.00. The minimum absolute atomic E-state index is 0.0562. The fourth-order valence-corrected chi connectivity index (χ4v) is 0.993. The molecule has 15 heavy (non-hydrogen) atoms. The standard InChI is InChI=1S/C10H21N3O2/c1-5-11-9(15)12-7-6-8(14)13-10(2,3)4/h5-7H2,1-4H3,(H,13,14)(H2,11,12,15).